The number of piperidine rings is 1. The Morgan fingerprint density at radius 2 is 1.81 bits per heavy atom. The second kappa shape index (κ2) is 9.20. The van der Waals surface area contributed by atoms with Crippen LogP contribution in [0.1, 0.15) is 25.3 Å². The van der Waals surface area contributed by atoms with E-state index in [-0.39, 0.29) is 11.0 Å². The Hall–Kier alpha value is -2.70. The van der Waals surface area contributed by atoms with Crippen LogP contribution in [-0.2, 0) is 6.54 Å². The van der Waals surface area contributed by atoms with Crippen molar-refractivity contribution in [3.63, 3.8) is 0 Å². The molecule has 0 spiro atoms. The third-order valence-electron chi connectivity index (χ3n) is 5.91. The highest BCUT2D eigenvalue weighted by atomic mass is 35.5. The summed E-state index contributed by atoms with van der Waals surface area (Å²) >= 11 is 5.94. The largest absolute Gasteiger partial charge is 0.477 e. The summed E-state index contributed by atoms with van der Waals surface area (Å²) in [6.45, 7) is 5.53. The molecule has 1 aromatic carbocycles. The highest BCUT2D eigenvalue weighted by molar-refractivity contribution is 6.30. The number of aromatic nitrogens is 3. The van der Waals surface area contributed by atoms with Gasteiger partial charge in [-0.1, -0.05) is 30.7 Å². The average Bonchev–Trinajstić information content (AvgIpc) is 2.78. The first kappa shape index (κ1) is 21.5. The second-order valence-electron chi connectivity index (χ2n) is 8.63. The van der Waals surface area contributed by atoms with E-state index in [0.29, 0.717) is 29.7 Å². The molecule has 1 aliphatic heterocycles. The van der Waals surface area contributed by atoms with Crippen LogP contribution in [0.25, 0.3) is 11.3 Å². The third-order valence-corrected chi connectivity index (χ3v) is 6.16. The van der Waals surface area contributed by atoms with Crippen LogP contribution in [0.3, 0.4) is 0 Å². The number of benzene rings is 1. The van der Waals surface area contributed by atoms with E-state index in [2.05, 4.69) is 29.0 Å². The zero-order chi connectivity index (χ0) is 21.8. The van der Waals surface area contributed by atoms with Crippen LogP contribution < -0.4 is 10.3 Å². The van der Waals surface area contributed by atoms with Crippen molar-refractivity contribution in [3.8, 4) is 17.1 Å². The lowest BCUT2D eigenvalue weighted by atomic mass is 9.81. The zero-order valence-corrected chi connectivity index (χ0v) is 18.7. The third kappa shape index (κ3) is 5.51. The summed E-state index contributed by atoms with van der Waals surface area (Å²) in [6, 6.07) is 14.4. The smallest absolute Gasteiger partial charge is 0.267 e. The number of pyridine rings is 1. The number of halogens is 1. The quantitative estimate of drug-likeness (QED) is 0.579. The molecule has 0 bridgehead atoms. The fraction of sp³-hybridized carbons (Fsp3) is 0.375. The summed E-state index contributed by atoms with van der Waals surface area (Å²) in [5.41, 5.74) is 2.52. The van der Waals surface area contributed by atoms with Crippen LogP contribution in [0.2, 0.25) is 5.02 Å². The minimum atomic E-state index is -0.155. The maximum atomic E-state index is 12.2. The molecule has 1 aliphatic rings. The van der Waals surface area contributed by atoms with Crippen LogP contribution in [0.15, 0.2) is 59.5 Å². The molecule has 7 heteroatoms. The minimum Gasteiger partial charge on any atom is -0.477 e. The van der Waals surface area contributed by atoms with Gasteiger partial charge in [-0.05, 0) is 62.8 Å². The summed E-state index contributed by atoms with van der Waals surface area (Å²) < 4.78 is 7.44. The van der Waals surface area contributed by atoms with Crippen molar-refractivity contribution in [2.45, 2.75) is 26.3 Å². The lowest BCUT2D eigenvalue weighted by Crippen LogP contribution is -2.39. The van der Waals surface area contributed by atoms with E-state index in [1.54, 1.807) is 24.4 Å². The Labute approximate surface area is 187 Å². The van der Waals surface area contributed by atoms with Gasteiger partial charge in [-0.3, -0.25) is 4.79 Å². The molecule has 1 fully saturated rings. The predicted molar refractivity (Wildman–Crippen MR) is 123 cm³/mol. The van der Waals surface area contributed by atoms with E-state index in [1.165, 1.54) is 10.7 Å². The fourth-order valence-corrected chi connectivity index (χ4v) is 3.77. The molecule has 4 rings (SSSR count). The van der Waals surface area contributed by atoms with Gasteiger partial charge in [0.25, 0.3) is 5.56 Å². The van der Waals surface area contributed by atoms with Crippen molar-refractivity contribution in [3.05, 3.63) is 75.7 Å². The highest BCUT2D eigenvalue weighted by Crippen LogP contribution is 2.31. The summed E-state index contributed by atoms with van der Waals surface area (Å²) in [7, 11) is 2.16. The van der Waals surface area contributed by atoms with Gasteiger partial charge in [0.1, 0.15) is 0 Å². The molecule has 0 unspecified atom stereocenters. The number of hydrogen-bond donors (Lipinski definition) is 0. The van der Waals surface area contributed by atoms with Gasteiger partial charge in [-0.2, -0.15) is 5.10 Å². The summed E-state index contributed by atoms with van der Waals surface area (Å²) in [5.74, 6) is 0.610. The Bertz CT molecular complexity index is 1070. The number of nitrogens with zero attached hydrogens (tertiary/aromatic N) is 4. The van der Waals surface area contributed by atoms with Gasteiger partial charge in [0.15, 0.2) is 0 Å². The minimum absolute atomic E-state index is 0.155. The van der Waals surface area contributed by atoms with Gasteiger partial charge in [-0.15, -0.1) is 0 Å². The Morgan fingerprint density at radius 1 is 1.06 bits per heavy atom. The van der Waals surface area contributed by atoms with Gasteiger partial charge in [0, 0.05) is 34.3 Å². The summed E-state index contributed by atoms with van der Waals surface area (Å²) in [5, 5.41) is 5.18. The van der Waals surface area contributed by atoms with Crippen molar-refractivity contribution >= 4 is 11.6 Å². The van der Waals surface area contributed by atoms with E-state index in [9.17, 15) is 4.79 Å². The number of ether oxygens (including phenoxy) is 1. The van der Waals surface area contributed by atoms with E-state index in [0.717, 1.165) is 37.1 Å². The van der Waals surface area contributed by atoms with Crippen molar-refractivity contribution in [2.75, 3.05) is 26.7 Å². The predicted octanol–water partition coefficient (Wildman–Crippen LogP) is 4.12. The number of likely N-dealkylation sites (tertiary alicyclic amines) is 1. The van der Waals surface area contributed by atoms with Gasteiger partial charge >= 0.3 is 0 Å². The maximum absolute atomic E-state index is 12.2. The molecule has 0 atom stereocenters. The molecular formula is C24H27ClN4O2. The van der Waals surface area contributed by atoms with Crippen LogP contribution in [-0.4, -0.2) is 46.4 Å². The van der Waals surface area contributed by atoms with Crippen molar-refractivity contribution < 1.29 is 4.74 Å². The lowest BCUT2D eigenvalue weighted by molar-refractivity contribution is 0.0782. The molecule has 2 aromatic heterocycles. The van der Waals surface area contributed by atoms with E-state index in [1.807, 2.05) is 24.3 Å². The number of hydrogen-bond acceptors (Lipinski definition) is 5. The van der Waals surface area contributed by atoms with Crippen molar-refractivity contribution in [2.24, 2.45) is 5.41 Å². The first-order valence-corrected chi connectivity index (χ1v) is 10.9. The Kier molecular flexibility index (Phi) is 6.39. The molecule has 0 aliphatic carbocycles. The normalized spacial score (nSPS) is 16.2. The molecule has 6 nitrogen and oxygen atoms in total. The average molecular weight is 439 g/mol. The molecule has 0 amide bonds. The molecule has 0 saturated carbocycles. The standard InChI is InChI=1S/C24H27ClN4O2/c1-24(11-13-28(2)14-12-24)17-31-22-9-5-19(15-26-22)21-8-10-23(30)29(27-21)16-18-3-6-20(25)7-4-18/h3-10,15H,11-14,16-17H2,1-2H3. The lowest BCUT2D eigenvalue weighted by Gasteiger charge is -2.37. The highest BCUT2D eigenvalue weighted by Gasteiger charge is 2.29. The topological polar surface area (TPSA) is 60.2 Å². The SMILES string of the molecule is CN1CCC(C)(COc2ccc(-c3ccc(=O)n(Cc4ccc(Cl)cc4)n3)cn2)CC1. The maximum Gasteiger partial charge on any atom is 0.267 e. The zero-order valence-electron chi connectivity index (χ0n) is 17.9. The summed E-state index contributed by atoms with van der Waals surface area (Å²) in [4.78, 5) is 19.1. The van der Waals surface area contributed by atoms with E-state index < -0.39 is 0 Å². The monoisotopic (exact) mass is 438 g/mol. The van der Waals surface area contributed by atoms with Crippen LogP contribution in [0.4, 0.5) is 0 Å². The van der Waals surface area contributed by atoms with Crippen LogP contribution in [0.5, 0.6) is 5.88 Å². The van der Waals surface area contributed by atoms with E-state index in [4.69, 9.17) is 16.3 Å². The summed E-state index contributed by atoms with van der Waals surface area (Å²) in [6.07, 6.45) is 3.99. The molecule has 3 aromatic rings. The second-order valence-corrected chi connectivity index (χ2v) is 9.07. The molecule has 0 N–H and O–H groups in total. The molecule has 0 radical (unpaired) electrons. The molecule has 162 valence electrons. The first-order valence-electron chi connectivity index (χ1n) is 10.5. The van der Waals surface area contributed by atoms with Gasteiger partial charge in [-0.25, -0.2) is 9.67 Å². The van der Waals surface area contributed by atoms with Crippen molar-refractivity contribution in [1.29, 1.82) is 0 Å². The molecule has 31 heavy (non-hydrogen) atoms. The van der Waals surface area contributed by atoms with Gasteiger partial charge < -0.3 is 9.64 Å². The Balaban J connectivity index is 1.44. The number of rotatable bonds is 6. The molecule has 3 heterocycles. The first-order chi connectivity index (χ1) is 14.9. The van der Waals surface area contributed by atoms with Crippen molar-refractivity contribution in [1.82, 2.24) is 19.7 Å². The van der Waals surface area contributed by atoms with Crippen LogP contribution >= 0.6 is 11.6 Å². The van der Waals surface area contributed by atoms with E-state index >= 15 is 0 Å². The fourth-order valence-electron chi connectivity index (χ4n) is 3.65. The van der Waals surface area contributed by atoms with Gasteiger partial charge in [0.05, 0.1) is 18.8 Å². The molecule has 1 saturated heterocycles. The van der Waals surface area contributed by atoms with Crippen LogP contribution in [0, 0.1) is 5.41 Å². The Morgan fingerprint density at radius 3 is 2.48 bits per heavy atom. The van der Waals surface area contributed by atoms with Gasteiger partial charge in [0.2, 0.25) is 5.88 Å². The molecular weight excluding hydrogens is 412 g/mol.